The lowest BCUT2D eigenvalue weighted by Crippen LogP contribution is -2.25. The largest absolute Gasteiger partial charge is 0.346 e. The molecule has 35 heavy (non-hydrogen) atoms. The Kier molecular flexibility index (Phi) is 5.17. The van der Waals surface area contributed by atoms with Gasteiger partial charge in [0.05, 0.1) is 29.1 Å². The summed E-state index contributed by atoms with van der Waals surface area (Å²) < 4.78 is 18.7. The minimum atomic E-state index is -0.329. The fraction of sp³-hybridized carbons (Fsp3) is 0.269. The normalized spacial score (nSPS) is 13.7. The standard InChI is InChI=1S/C26H25FN6OS/c1-14-8-18(9-16-11-30-31-24(14)16)35-23-10-22(32(3)15(23)2)26(34)28-12-19-20(27)6-7-21-25(19)33(13-29-21)17-4-5-17/h6-11,13,17H,4-5,12H2,1-3H3,(H,28,34)(H,30,31). The van der Waals surface area contributed by atoms with Crippen LogP contribution in [0.3, 0.4) is 0 Å². The van der Waals surface area contributed by atoms with E-state index in [1.54, 1.807) is 24.2 Å². The van der Waals surface area contributed by atoms with Gasteiger partial charge in [0.25, 0.3) is 5.91 Å². The first-order valence-electron chi connectivity index (χ1n) is 11.6. The molecule has 1 amide bonds. The highest BCUT2D eigenvalue weighted by Gasteiger charge is 2.27. The molecule has 6 rings (SSSR count). The molecule has 0 bridgehead atoms. The second-order valence-electron chi connectivity index (χ2n) is 9.17. The smallest absolute Gasteiger partial charge is 0.268 e. The van der Waals surface area contributed by atoms with Gasteiger partial charge in [-0.1, -0.05) is 11.8 Å². The van der Waals surface area contributed by atoms with Gasteiger partial charge in [0.2, 0.25) is 0 Å². The Hall–Kier alpha value is -3.59. The highest BCUT2D eigenvalue weighted by atomic mass is 32.2. The molecule has 0 atom stereocenters. The molecule has 0 unspecified atom stereocenters. The first kappa shape index (κ1) is 21.9. The molecule has 3 aromatic heterocycles. The molecule has 0 radical (unpaired) electrons. The lowest BCUT2D eigenvalue weighted by atomic mass is 10.1. The Balaban J connectivity index is 1.25. The second kappa shape index (κ2) is 8.27. The minimum Gasteiger partial charge on any atom is -0.346 e. The van der Waals surface area contributed by atoms with Gasteiger partial charge in [-0.2, -0.15) is 5.10 Å². The van der Waals surface area contributed by atoms with Gasteiger partial charge in [0, 0.05) is 46.1 Å². The van der Waals surface area contributed by atoms with E-state index in [0.29, 0.717) is 17.3 Å². The number of nitrogens with zero attached hydrogens (tertiary/aromatic N) is 4. The fourth-order valence-electron chi connectivity index (χ4n) is 4.61. The number of carbonyl (C=O) groups excluding carboxylic acids is 1. The van der Waals surface area contributed by atoms with Crippen LogP contribution in [0.4, 0.5) is 4.39 Å². The zero-order valence-electron chi connectivity index (χ0n) is 19.7. The Labute approximate surface area is 205 Å². The van der Waals surface area contributed by atoms with Crippen molar-refractivity contribution >= 4 is 39.6 Å². The van der Waals surface area contributed by atoms with Crippen LogP contribution in [0.15, 0.2) is 52.6 Å². The Bertz CT molecular complexity index is 1610. The van der Waals surface area contributed by atoms with E-state index in [1.165, 1.54) is 6.07 Å². The number of aryl methyl sites for hydroxylation is 1. The first-order chi connectivity index (χ1) is 16.9. The van der Waals surface area contributed by atoms with E-state index in [4.69, 9.17) is 0 Å². The first-order valence-corrected chi connectivity index (χ1v) is 12.4. The minimum absolute atomic E-state index is 0.101. The van der Waals surface area contributed by atoms with Crippen molar-refractivity contribution in [3.8, 4) is 0 Å². The number of benzene rings is 2. The van der Waals surface area contributed by atoms with Gasteiger partial charge in [-0.25, -0.2) is 9.37 Å². The Morgan fingerprint density at radius 1 is 1.26 bits per heavy atom. The van der Waals surface area contributed by atoms with Crippen LogP contribution in [0.5, 0.6) is 0 Å². The number of aromatic nitrogens is 5. The number of fused-ring (bicyclic) bond motifs is 2. The molecule has 178 valence electrons. The summed E-state index contributed by atoms with van der Waals surface area (Å²) in [6.07, 6.45) is 5.74. The summed E-state index contributed by atoms with van der Waals surface area (Å²) in [4.78, 5) is 19.7. The molecule has 0 aliphatic heterocycles. The maximum atomic E-state index is 14.8. The number of halogens is 1. The maximum absolute atomic E-state index is 14.8. The lowest BCUT2D eigenvalue weighted by Gasteiger charge is -2.11. The fourth-order valence-corrected chi connectivity index (χ4v) is 5.74. The van der Waals surface area contributed by atoms with Crippen LogP contribution in [0.25, 0.3) is 21.9 Å². The van der Waals surface area contributed by atoms with Gasteiger partial charge in [0.15, 0.2) is 0 Å². The highest BCUT2D eigenvalue weighted by molar-refractivity contribution is 7.99. The summed E-state index contributed by atoms with van der Waals surface area (Å²) in [5.74, 6) is -0.567. The molecule has 1 fully saturated rings. The van der Waals surface area contributed by atoms with Crippen LogP contribution < -0.4 is 5.32 Å². The number of hydrogen-bond donors (Lipinski definition) is 2. The monoisotopic (exact) mass is 488 g/mol. The van der Waals surface area contributed by atoms with Crippen molar-refractivity contribution in [1.29, 1.82) is 0 Å². The summed E-state index contributed by atoms with van der Waals surface area (Å²) in [6, 6.07) is 9.60. The predicted molar refractivity (Wildman–Crippen MR) is 134 cm³/mol. The number of hydrogen-bond acceptors (Lipinski definition) is 4. The van der Waals surface area contributed by atoms with Crippen LogP contribution >= 0.6 is 11.8 Å². The Morgan fingerprint density at radius 2 is 2.09 bits per heavy atom. The molecule has 2 aromatic carbocycles. The molecule has 0 spiro atoms. The summed E-state index contributed by atoms with van der Waals surface area (Å²) in [6.45, 7) is 4.15. The number of rotatable bonds is 6. The van der Waals surface area contributed by atoms with Crippen molar-refractivity contribution in [1.82, 2.24) is 29.6 Å². The number of H-pyrrole nitrogens is 1. The van der Waals surface area contributed by atoms with Crippen LogP contribution in [0.1, 0.15) is 46.2 Å². The van der Waals surface area contributed by atoms with E-state index in [2.05, 4.69) is 39.6 Å². The third-order valence-electron chi connectivity index (χ3n) is 6.82. The molecule has 7 nitrogen and oxygen atoms in total. The predicted octanol–water partition coefficient (Wildman–Crippen LogP) is 5.42. The van der Waals surface area contributed by atoms with E-state index in [0.717, 1.165) is 55.8 Å². The third-order valence-corrected chi connectivity index (χ3v) is 7.92. The number of carbonyl (C=O) groups is 1. The number of aromatic amines is 1. The van der Waals surface area contributed by atoms with E-state index in [1.807, 2.05) is 35.4 Å². The Morgan fingerprint density at radius 3 is 2.89 bits per heavy atom. The van der Waals surface area contributed by atoms with Crippen molar-refractivity contribution in [2.75, 3.05) is 0 Å². The molecular weight excluding hydrogens is 463 g/mol. The SMILES string of the molecule is Cc1cc(Sc2cc(C(=O)NCc3c(F)ccc4ncn(C5CC5)c34)n(C)c2C)cc2cn[nH]c12. The number of imidazole rings is 1. The summed E-state index contributed by atoms with van der Waals surface area (Å²) in [7, 11) is 1.88. The van der Waals surface area contributed by atoms with Crippen molar-refractivity contribution in [3.05, 3.63) is 71.2 Å². The molecular formula is C26H25FN6OS. The molecule has 1 aliphatic carbocycles. The molecule has 1 aliphatic rings. The second-order valence-corrected chi connectivity index (χ2v) is 10.3. The molecule has 3 heterocycles. The van der Waals surface area contributed by atoms with E-state index in [9.17, 15) is 9.18 Å². The quantitative estimate of drug-likeness (QED) is 0.334. The topological polar surface area (TPSA) is 80.5 Å². The number of nitrogens with one attached hydrogen (secondary N) is 2. The van der Waals surface area contributed by atoms with E-state index < -0.39 is 0 Å². The van der Waals surface area contributed by atoms with Crippen LogP contribution in [0, 0.1) is 19.7 Å². The lowest BCUT2D eigenvalue weighted by molar-refractivity contribution is 0.0942. The van der Waals surface area contributed by atoms with Crippen molar-refractivity contribution < 1.29 is 9.18 Å². The zero-order valence-corrected chi connectivity index (χ0v) is 20.5. The van der Waals surface area contributed by atoms with Gasteiger partial charge < -0.3 is 14.5 Å². The summed E-state index contributed by atoms with van der Waals surface area (Å²) in [5.41, 5.74) is 5.68. The van der Waals surface area contributed by atoms with Crippen LogP contribution in [-0.4, -0.2) is 30.2 Å². The van der Waals surface area contributed by atoms with Gasteiger partial charge in [-0.3, -0.25) is 9.89 Å². The molecule has 9 heteroatoms. The van der Waals surface area contributed by atoms with Gasteiger partial charge in [0.1, 0.15) is 11.5 Å². The average molecular weight is 489 g/mol. The van der Waals surface area contributed by atoms with Gasteiger partial charge in [-0.15, -0.1) is 0 Å². The van der Waals surface area contributed by atoms with E-state index >= 15 is 0 Å². The molecule has 0 saturated heterocycles. The van der Waals surface area contributed by atoms with Gasteiger partial charge >= 0.3 is 0 Å². The van der Waals surface area contributed by atoms with Crippen molar-refractivity contribution in [2.45, 2.75) is 49.1 Å². The summed E-state index contributed by atoms with van der Waals surface area (Å²) >= 11 is 1.62. The zero-order chi connectivity index (χ0) is 24.3. The van der Waals surface area contributed by atoms with Gasteiger partial charge in [-0.05, 0) is 62.6 Å². The molecule has 2 N–H and O–H groups in total. The maximum Gasteiger partial charge on any atom is 0.268 e. The molecule has 5 aromatic rings. The van der Waals surface area contributed by atoms with Crippen molar-refractivity contribution in [3.63, 3.8) is 0 Å². The summed E-state index contributed by atoms with van der Waals surface area (Å²) in [5, 5.41) is 11.1. The van der Waals surface area contributed by atoms with Crippen LogP contribution in [-0.2, 0) is 13.6 Å². The number of amides is 1. The highest BCUT2D eigenvalue weighted by Crippen LogP contribution is 2.38. The van der Waals surface area contributed by atoms with Crippen molar-refractivity contribution in [2.24, 2.45) is 7.05 Å². The average Bonchev–Trinajstić information content (AvgIpc) is 3.29. The molecule has 1 saturated carbocycles. The third kappa shape index (κ3) is 3.80. The van der Waals surface area contributed by atoms with E-state index in [-0.39, 0.29) is 18.3 Å². The van der Waals surface area contributed by atoms with Crippen LogP contribution in [0.2, 0.25) is 0 Å².